The highest BCUT2D eigenvalue weighted by Gasteiger charge is 2.39. The minimum absolute atomic E-state index is 0.244. The molecule has 1 fully saturated rings. The fraction of sp³-hybridized carbons (Fsp3) is 0.800. The number of ether oxygens (including phenoxy) is 1. The molecule has 1 heterocycles. The molecule has 15 heavy (non-hydrogen) atoms. The Morgan fingerprint density at radius 3 is 2.47 bits per heavy atom. The third-order valence-corrected chi connectivity index (χ3v) is 3.15. The first-order valence-corrected chi connectivity index (χ1v) is 5.21. The molecule has 0 saturated carbocycles. The van der Waals surface area contributed by atoms with Gasteiger partial charge in [-0.25, -0.2) is 4.79 Å². The maximum absolute atomic E-state index is 11.2. The average molecular weight is 215 g/mol. The maximum Gasteiger partial charge on any atom is 0.409 e. The predicted octanol–water partition coefficient (Wildman–Crippen LogP) is 1.33. The smallest absolute Gasteiger partial charge is 0.409 e. The van der Waals surface area contributed by atoms with E-state index in [-0.39, 0.29) is 6.54 Å². The van der Waals surface area contributed by atoms with Crippen LogP contribution in [0.5, 0.6) is 0 Å². The number of hydrogen-bond donors (Lipinski definition) is 1. The Kier molecular flexibility index (Phi) is 3.55. The number of rotatable bonds is 5. The molecule has 0 aliphatic carbocycles. The van der Waals surface area contributed by atoms with Gasteiger partial charge in [-0.15, -0.1) is 0 Å². The van der Waals surface area contributed by atoms with E-state index in [1.165, 1.54) is 4.90 Å². The predicted molar refractivity (Wildman–Crippen MR) is 53.6 cm³/mol. The van der Waals surface area contributed by atoms with Gasteiger partial charge in [0.1, 0.15) is 6.61 Å². The zero-order valence-corrected chi connectivity index (χ0v) is 9.15. The highest BCUT2D eigenvalue weighted by Crippen LogP contribution is 2.29. The van der Waals surface area contributed by atoms with Crippen molar-refractivity contribution in [3.8, 4) is 0 Å². The van der Waals surface area contributed by atoms with Crippen molar-refractivity contribution in [3.05, 3.63) is 0 Å². The second-order valence-electron chi connectivity index (χ2n) is 3.83. The van der Waals surface area contributed by atoms with Crippen LogP contribution < -0.4 is 0 Å². The summed E-state index contributed by atoms with van der Waals surface area (Å²) in [5.41, 5.74) is -0.830. The SMILES string of the molecule is CCC(CC)(CN1CCOC1=O)C(=O)O. The van der Waals surface area contributed by atoms with Gasteiger partial charge in [-0.2, -0.15) is 0 Å². The molecule has 86 valence electrons. The summed E-state index contributed by atoms with van der Waals surface area (Å²) in [6.07, 6.45) is 0.633. The molecule has 5 nitrogen and oxygen atoms in total. The molecule has 5 heteroatoms. The van der Waals surface area contributed by atoms with Crippen LogP contribution in [0.25, 0.3) is 0 Å². The van der Waals surface area contributed by atoms with E-state index in [2.05, 4.69) is 0 Å². The Morgan fingerprint density at radius 2 is 2.13 bits per heavy atom. The Morgan fingerprint density at radius 1 is 1.53 bits per heavy atom. The van der Waals surface area contributed by atoms with Gasteiger partial charge in [0.2, 0.25) is 0 Å². The van der Waals surface area contributed by atoms with Crippen LogP contribution in [0.4, 0.5) is 4.79 Å². The van der Waals surface area contributed by atoms with Crippen LogP contribution in [0, 0.1) is 5.41 Å². The fourth-order valence-corrected chi connectivity index (χ4v) is 1.78. The molecule has 1 N–H and O–H groups in total. The van der Waals surface area contributed by atoms with Gasteiger partial charge in [0.05, 0.1) is 12.0 Å². The van der Waals surface area contributed by atoms with Crippen molar-refractivity contribution in [2.75, 3.05) is 19.7 Å². The van der Waals surface area contributed by atoms with Crippen LogP contribution in [0.3, 0.4) is 0 Å². The van der Waals surface area contributed by atoms with Gasteiger partial charge in [-0.05, 0) is 12.8 Å². The molecule has 0 spiro atoms. The molecule has 1 saturated heterocycles. The number of amides is 1. The average Bonchev–Trinajstić information content (AvgIpc) is 2.60. The lowest BCUT2D eigenvalue weighted by Gasteiger charge is -2.30. The molecule has 1 rings (SSSR count). The Hall–Kier alpha value is -1.26. The molecular weight excluding hydrogens is 198 g/mol. The van der Waals surface area contributed by atoms with E-state index in [4.69, 9.17) is 4.74 Å². The first-order chi connectivity index (χ1) is 7.05. The summed E-state index contributed by atoms with van der Waals surface area (Å²) in [7, 11) is 0. The zero-order chi connectivity index (χ0) is 11.5. The Bertz CT molecular complexity index is 260. The van der Waals surface area contributed by atoms with E-state index >= 15 is 0 Å². The third kappa shape index (κ3) is 2.22. The highest BCUT2D eigenvalue weighted by atomic mass is 16.6. The van der Waals surface area contributed by atoms with Crippen LogP contribution in [0.2, 0.25) is 0 Å². The summed E-state index contributed by atoms with van der Waals surface area (Å²) in [5.74, 6) is -0.841. The molecule has 0 atom stereocenters. The van der Waals surface area contributed by atoms with Gasteiger partial charge >= 0.3 is 12.1 Å². The molecule has 1 aliphatic rings. The first kappa shape index (κ1) is 11.8. The summed E-state index contributed by atoms with van der Waals surface area (Å²) in [4.78, 5) is 23.9. The van der Waals surface area contributed by atoms with Crippen LogP contribution in [0.15, 0.2) is 0 Å². The highest BCUT2D eigenvalue weighted by molar-refractivity contribution is 5.76. The molecule has 1 aliphatic heterocycles. The topological polar surface area (TPSA) is 66.8 Å². The van der Waals surface area contributed by atoms with Gasteiger partial charge in [-0.3, -0.25) is 4.79 Å². The van der Waals surface area contributed by atoms with E-state index in [0.29, 0.717) is 26.0 Å². The second-order valence-corrected chi connectivity index (χ2v) is 3.83. The van der Waals surface area contributed by atoms with Crippen LogP contribution >= 0.6 is 0 Å². The van der Waals surface area contributed by atoms with Gasteiger partial charge in [0.25, 0.3) is 0 Å². The normalized spacial score (nSPS) is 16.7. The van der Waals surface area contributed by atoms with Crippen molar-refractivity contribution in [2.24, 2.45) is 5.41 Å². The van der Waals surface area contributed by atoms with Crippen molar-refractivity contribution in [1.82, 2.24) is 4.90 Å². The minimum atomic E-state index is -0.841. The molecule has 0 unspecified atom stereocenters. The van der Waals surface area contributed by atoms with Gasteiger partial charge in [0, 0.05) is 6.54 Å². The van der Waals surface area contributed by atoms with Crippen molar-refractivity contribution in [2.45, 2.75) is 26.7 Å². The summed E-state index contributed by atoms with van der Waals surface area (Å²) < 4.78 is 4.77. The molecule has 0 aromatic rings. The molecule has 0 aromatic heterocycles. The van der Waals surface area contributed by atoms with E-state index < -0.39 is 17.5 Å². The number of hydrogen-bond acceptors (Lipinski definition) is 3. The number of carboxylic acids is 1. The molecular formula is C10H17NO4. The van der Waals surface area contributed by atoms with Gasteiger partial charge < -0.3 is 14.7 Å². The van der Waals surface area contributed by atoms with Crippen molar-refractivity contribution in [1.29, 1.82) is 0 Å². The fourth-order valence-electron chi connectivity index (χ4n) is 1.78. The summed E-state index contributed by atoms with van der Waals surface area (Å²) in [6.45, 7) is 4.77. The first-order valence-electron chi connectivity index (χ1n) is 5.21. The zero-order valence-electron chi connectivity index (χ0n) is 9.15. The van der Waals surface area contributed by atoms with E-state index in [1.807, 2.05) is 13.8 Å². The van der Waals surface area contributed by atoms with E-state index in [1.54, 1.807) is 0 Å². The summed E-state index contributed by atoms with van der Waals surface area (Å²) in [5, 5.41) is 9.19. The minimum Gasteiger partial charge on any atom is -0.481 e. The lowest BCUT2D eigenvalue weighted by atomic mass is 9.82. The molecule has 1 amide bonds. The number of nitrogens with zero attached hydrogens (tertiary/aromatic N) is 1. The molecule has 0 aromatic carbocycles. The number of aliphatic carboxylic acids is 1. The quantitative estimate of drug-likeness (QED) is 0.751. The summed E-state index contributed by atoms with van der Waals surface area (Å²) >= 11 is 0. The monoisotopic (exact) mass is 215 g/mol. The van der Waals surface area contributed by atoms with E-state index in [9.17, 15) is 14.7 Å². The van der Waals surface area contributed by atoms with Crippen molar-refractivity contribution < 1.29 is 19.4 Å². The maximum atomic E-state index is 11.2. The van der Waals surface area contributed by atoms with Crippen LogP contribution in [0.1, 0.15) is 26.7 Å². The van der Waals surface area contributed by atoms with Gasteiger partial charge in [0.15, 0.2) is 0 Å². The standard InChI is InChI=1S/C10H17NO4/c1-3-10(4-2,8(12)13)7-11-5-6-15-9(11)14/h3-7H2,1-2H3,(H,12,13). The van der Waals surface area contributed by atoms with E-state index in [0.717, 1.165) is 0 Å². The molecule has 0 radical (unpaired) electrons. The van der Waals surface area contributed by atoms with Crippen LogP contribution in [-0.2, 0) is 9.53 Å². The number of carbonyl (C=O) groups is 2. The van der Waals surface area contributed by atoms with Crippen molar-refractivity contribution >= 4 is 12.1 Å². The van der Waals surface area contributed by atoms with Gasteiger partial charge in [-0.1, -0.05) is 13.8 Å². The Balaban J connectivity index is 2.73. The summed E-state index contributed by atoms with van der Waals surface area (Å²) in [6, 6.07) is 0. The lowest BCUT2D eigenvalue weighted by Crippen LogP contribution is -2.43. The number of cyclic esters (lactones) is 1. The Labute approximate surface area is 89.0 Å². The van der Waals surface area contributed by atoms with Crippen LogP contribution in [-0.4, -0.2) is 41.8 Å². The largest absolute Gasteiger partial charge is 0.481 e. The molecule has 0 bridgehead atoms. The number of carboxylic acid groups (broad SMARTS) is 1. The lowest BCUT2D eigenvalue weighted by molar-refractivity contribution is -0.150. The number of carbonyl (C=O) groups excluding carboxylic acids is 1. The van der Waals surface area contributed by atoms with Crippen molar-refractivity contribution in [3.63, 3.8) is 0 Å². The second kappa shape index (κ2) is 4.51. The third-order valence-electron chi connectivity index (χ3n) is 3.15.